The molecule has 0 radical (unpaired) electrons. The molecule has 1 N–H and O–H groups in total. The van der Waals surface area contributed by atoms with Gasteiger partial charge in [-0.1, -0.05) is 60.7 Å². The molecule has 22 heavy (non-hydrogen) atoms. The van der Waals surface area contributed by atoms with Crippen molar-refractivity contribution in [2.75, 3.05) is 0 Å². The fourth-order valence-electron chi connectivity index (χ4n) is 2.47. The number of imide groups is 1. The van der Waals surface area contributed by atoms with E-state index in [4.69, 9.17) is 0 Å². The normalized spacial score (nSPS) is 17.7. The molecule has 0 bridgehead atoms. The Kier molecular flexibility index (Phi) is 4.10. The highest BCUT2D eigenvalue weighted by Crippen LogP contribution is 2.15. The molecule has 1 unspecified atom stereocenters. The van der Waals surface area contributed by atoms with E-state index >= 15 is 0 Å². The van der Waals surface area contributed by atoms with Gasteiger partial charge in [0.05, 0.1) is 5.71 Å². The van der Waals surface area contributed by atoms with Gasteiger partial charge in [-0.05, 0) is 6.42 Å². The molecule has 1 fully saturated rings. The zero-order valence-electron chi connectivity index (χ0n) is 12.0. The number of rotatable bonds is 3. The molecule has 1 aliphatic heterocycles. The van der Waals surface area contributed by atoms with Crippen LogP contribution >= 0.6 is 0 Å². The molecule has 0 aliphatic carbocycles. The molecule has 0 spiro atoms. The van der Waals surface area contributed by atoms with Crippen LogP contribution in [0.3, 0.4) is 0 Å². The average Bonchev–Trinajstić information content (AvgIpc) is 2.56. The van der Waals surface area contributed by atoms with Crippen LogP contribution < -0.4 is 5.32 Å². The summed E-state index contributed by atoms with van der Waals surface area (Å²) in [7, 11) is 0. The molecule has 1 atom stereocenters. The third kappa shape index (κ3) is 3.11. The number of hydrogen-bond donors (Lipinski definition) is 1. The van der Waals surface area contributed by atoms with Crippen LogP contribution in [-0.2, 0) is 9.59 Å². The largest absolute Gasteiger partial charge is 0.295 e. The highest BCUT2D eigenvalue weighted by molar-refractivity contribution is 6.14. The van der Waals surface area contributed by atoms with Crippen LogP contribution in [0.25, 0.3) is 0 Å². The molecule has 4 heteroatoms. The van der Waals surface area contributed by atoms with Gasteiger partial charge in [-0.2, -0.15) is 0 Å². The summed E-state index contributed by atoms with van der Waals surface area (Å²) >= 11 is 0. The lowest BCUT2D eigenvalue weighted by Gasteiger charge is -2.19. The molecule has 0 saturated carbocycles. The van der Waals surface area contributed by atoms with Crippen molar-refractivity contribution < 1.29 is 9.59 Å². The number of carbonyl (C=O) groups excluding carboxylic acids is 2. The third-order valence-electron chi connectivity index (χ3n) is 3.59. The Morgan fingerprint density at radius 3 is 1.95 bits per heavy atom. The number of aliphatic imine (C=N–C) groups is 1. The number of amides is 2. The standard InChI is InChI=1S/C18H16N2O2/c21-16-12-11-15(18(22)20-16)19-17(13-7-3-1-4-8-13)14-9-5-2-6-10-14/h1-10,15H,11-12H2,(H,20,21,22). The van der Waals surface area contributed by atoms with Crippen LogP contribution in [0, 0.1) is 0 Å². The lowest BCUT2D eigenvalue weighted by atomic mass is 10.0. The summed E-state index contributed by atoms with van der Waals surface area (Å²) < 4.78 is 0. The zero-order chi connectivity index (χ0) is 15.4. The Balaban J connectivity index is 2.01. The van der Waals surface area contributed by atoms with Gasteiger partial charge in [-0.15, -0.1) is 0 Å². The fraction of sp³-hybridized carbons (Fsp3) is 0.167. The number of nitrogens with one attached hydrogen (secondary N) is 1. The van der Waals surface area contributed by atoms with Crippen molar-refractivity contribution in [3.63, 3.8) is 0 Å². The molecule has 2 aromatic rings. The summed E-state index contributed by atoms with van der Waals surface area (Å²) in [5.74, 6) is -0.543. The summed E-state index contributed by atoms with van der Waals surface area (Å²) in [5.41, 5.74) is 2.69. The van der Waals surface area contributed by atoms with E-state index in [2.05, 4.69) is 10.3 Å². The maximum atomic E-state index is 12.0. The van der Waals surface area contributed by atoms with Gasteiger partial charge in [-0.25, -0.2) is 0 Å². The van der Waals surface area contributed by atoms with Gasteiger partial charge in [0, 0.05) is 17.5 Å². The van der Waals surface area contributed by atoms with E-state index in [1.54, 1.807) is 0 Å². The van der Waals surface area contributed by atoms with Crippen LogP contribution in [0.1, 0.15) is 24.0 Å². The van der Waals surface area contributed by atoms with Crippen molar-refractivity contribution in [1.82, 2.24) is 5.32 Å². The van der Waals surface area contributed by atoms with Crippen LogP contribution in [-0.4, -0.2) is 23.6 Å². The smallest absolute Gasteiger partial charge is 0.251 e. The third-order valence-corrected chi connectivity index (χ3v) is 3.59. The van der Waals surface area contributed by atoms with E-state index in [1.807, 2.05) is 60.7 Å². The van der Waals surface area contributed by atoms with Crippen molar-refractivity contribution in [3.8, 4) is 0 Å². The van der Waals surface area contributed by atoms with Crippen LogP contribution in [0.4, 0.5) is 0 Å². The van der Waals surface area contributed by atoms with Crippen molar-refractivity contribution in [1.29, 1.82) is 0 Å². The van der Waals surface area contributed by atoms with E-state index in [1.165, 1.54) is 0 Å². The van der Waals surface area contributed by atoms with Crippen molar-refractivity contribution >= 4 is 17.5 Å². The summed E-state index contributed by atoms with van der Waals surface area (Å²) in [4.78, 5) is 27.9. The molecule has 2 amide bonds. The minimum Gasteiger partial charge on any atom is -0.295 e. The fourth-order valence-corrected chi connectivity index (χ4v) is 2.47. The maximum Gasteiger partial charge on any atom is 0.251 e. The van der Waals surface area contributed by atoms with Gasteiger partial charge in [-0.3, -0.25) is 19.9 Å². The van der Waals surface area contributed by atoms with Gasteiger partial charge < -0.3 is 0 Å². The summed E-state index contributed by atoms with van der Waals surface area (Å²) in [6.45, 7) is 0. The van der Waals surface area contributed by atoms with Gasteiger partial charge in [0.1, 0.15) is 6.04 Å². The quantitative estimate of drug-likeness (QED) is 0.697. The predicted octanol–water partition coefficient (Wildman–Crippen LogP) is 2.33. The topological polar surface area (TPSA) is 58.5 Å². The lowest BCUT2D eigenvalue weighted by Crippen LogP contribution is -2.43. The van der Waals surface area contributed by atoms with Gasteiger partial charge >= 0.3 is 0 Å². The first-order chi connectivity index (χ1) is 10.7. The number of nitrogens with zero attached hydrogens (tertiary/aromatic N) is 1. The van der Waals surface area contributed by atoms with Crippen molar-refractivity contribution in [2.24, 2.45) is 4.99 Å². The summed E-state index contributed by atoms with van der Waals surface area (Å²) in [6.07, 6.45) is 0.782. The molecule has 1 saturated heterocycles. The lowest BCUT2D eigenvalue weighted by molar-refractivity contribution is -0.133. The van der Waals surface area contributed by atoms with Gasteiger partial charge in [0.2, 0.25) is 5.91 Å². The zero-order valence-corrected chi connectivity index (χ0v) is 12.0. The highest BCUT2D eigenvalue weighted by atomic mass is 16.2. The average molecular weight is 292 g/mol. The first-order valence-electron chi connectivity index (χ1n) is 7.26. The van der Waals surface area contributed by atoms with E-state index in [9.17, 15) is 9.59 Å². The molecule has 110 valence electrons. The number of piperidine rings is 1. The molecule has 0 aromatic heterocycles. The van der Waals surface area contributed by atoms with Crippen LogP contribution in [0.5, 0.6) is 0 Å². The number of carbonyl (C=O) groups is 2. The first-order valence-corrected chi connectivity index (χ1v) is 7.26. The van der Waals surface area contributed by atoms with E-state index < -0.39 is 6.04 Å². The summed E-state index contributed by atoms with van der Waals surface area (Å²) in [6, 6.07) is 19.0. The molecule has 2 aromatic carbocycles. The van der Waals surface area contributed by atoms with Gasteiger partial charge in [0.25, 0.3) is 5.91 Å². The van der Waals surface area contributed by atoms with Crippen LogP contribution in [0.2, 0.25) is 0 Å². The molecule has 1 aliphatic rings. The monoisotopic (exact) mass is 292 g/mol. The Hall–Kier alpha value is -2.75. The van der Waals surface area contributed by atoms with E-state index in [-0.39, 0.29) is 11.8 Å². The number of hydrogen-bond acceptors (Lipinski definition) is 3. The first kappa shape index (κ1) is 14.2. The molecule has 4 nitrogen and oxygen atoms in total. The van der Waals surface area contributed by atoms with Gasteiger partial charge in [0.15, 0.2) is 0 Å². The molecule has 1 heterocycles. The Morgan fingerprint density at radius 2 is 1.45 bits per heavy atom. The maximum absolute atomic E-state index is 12.0. The Labute approximate surface area is 128 Å². The molecular formula is C18H16N2O2. The van der Waals surface area contributed by atoms with Crippen molar-refractivity contribution in [2.45, 2.75) is 18.9 Å². The predicted molar refractivity (Wildman–Crippen MR) is 84.7 cm³/mol. The second-order valence-electron chi connectivity index (χ2n) is 5.18. The summed E-state index contributed by atoms with van der Waals surface area (Å²) in [5, 5.41) is 2.35. The molecule has 3 rings (SSSR count). The van der Waals surface area contributed by atoms with E-state index in [0.717, 1.165) is 16.8 Å². The number of benzene rings is 2. The SMILES string of the molecule is O=C1CCC(N=C(c2ccccc2)c2ccccc2)C(=O)N1. The second-order valence-corrected chi connectivity index (χ2v) is 5.18. The minimum atomic E-state index is -0.520. The van der Waals surface area contributed by atoms with E-state index in [0.29, 0.717) is 12.8 Å². The Bertz CT molecular complexity index is 667. The highest BCUT2D eigenvalue weighted by Gasteiger charge is 2.26. The molecular weight excluding hydrogens is 276 g/mol. The Morgan fingerprint density at radius 1 is 0.909 bits per heavy atom. The van der Waals surface area contributed by atoms with Crippen molar-refractivity contribution in [3.05, 3.63) is 71.8 Å². The van der Waals surface area contributed by atoms with Crippen LogP contribution in [0.15, 0.2) is 65.7 Å². The minimum absolute atomic E-state index is 0.225. The second kappa shape index (κ2) is 6.35.